The van der Waals surface area contributed by atoms with Gasteiger partial charge in [0.05, 0.1) is 12.9 Å². The summed E-state index contributed by atoms with van der Waals surface area (Å²) in [4.78, 5) is 35.0. The van der Waals surface area contributed by atoms with Gasteiger partial charge in [0, 0.05) is 13.7 Å². The second kappa shape index (κ2) is 13.3. The highest BCUT2D eigenvalue weighted by atomic mass is 31.2. The van der Waals surface area contributed by atoms with E-state index in [0.29, 0.717) is 0 Å². The van der Waals surface area contributed by atoms with Gasteiger partial charge in [-0.3, -0.25) is 23.7 Å². The van der Waals surface area contributed by atoms with Crippen LogP contribution in [0.2, 0.25) is 0 Å². The molecule has 4 rings (SSSR count). The number of hydrogen-bond acceptors (Lipinski definition) is 11. The largest absolute Gasteiger partial charge is 0.480 e. The van der Waals surface area contributed by atoms with E-state index < -0.39 is 56.5 Å². The van der Waals surface area contributed by atoms with Crippen LogP contribution in [0.15, 0.2) is 41.5 Å². The molecule has 1 saturated heterocycles. The summed E-state index contributed by atoms with van der Waals surface area (Å²) in [6, 6.07) is 7.06. The maximum atomic E-state index is 14.5. The van der Waals surface area contributed by atoms with E-state index in [1.165, 1.54) is 29.6 Å². The molecule has 0 saturated carbocycles. The number of carbonyl (C=O) groups is 1. The Morgan fingerprint density at radius 1 is 1.31 bits per heavy atom. The van der Waals surface area contributed by atoms with E-state index in [1.54, 1.807) is 30.3 Å². The third-order valence-electron chi connectivity index (χ3n) is 7.07. The minimum Gasteiger partial charge on any atom is -0.480 e. The molecule has 1 fully saturated rings. The lowest BCUT2D eigenvalue weighted by Gasteiger charge is -2.34. The zero-order valence-electron chi connectivity index (χ0n) is 23.8. The van der Waals surface area contributed by atoms with Crippen LogP contribution in [0.25, 0.3) is 11.2 Å². The molecule has 0 bridgehead atoms. The fourth-order valence-electron chi connectivity index (χ4n) is 4.90. The summed E-state index contributed by atoms with van der Waals surface area (Å²) in [6.45, 7) is 5.01. The van der Waals surface area contributed by atoms with Crippen molar-refractivity contribution in [2.75, 3.05) is 26.0 Å². The number of hydrogen-bond donors (Lipinski definition) is 4. The third kappa shape index (κ3) is 6.66. The average molecular weight is 609 g/mol. The first-order valence-corrected chi connectivity index (χ1v) is 15.1. The summed E-state index contributed by atoms with van der Waals surface area (Å²) in [5.74, 6) is -1.15. The summed E-state index contributed by atoms with van der Waals surface area (Å²) in [6.07, 6.45) is -1.44. The number of rotatable bonds is 14. The first-order chi connectivity index (χ1) is 20.0. The topological polar surface area (TPSA) is 204 Å². The lowest BCUT2D eigenvalue weighted by Crippen LogP contribution is -2.42. The number of aromatic amines is 1. The highest BCUT2D eigenvalue weighted by Gasteiger charge is 2.49. The molecule has 230 valence electrons. The van der Waals surface area contributed by atoms with E-state index in [2.05, 4.69) is 15.0 Å². The van der Waals surface area contributed by atoms with Crippen molar-refractivity contribution in [2.45, 2.75) is 64.2 Å². The molecule has 1 aromatic carbocycles. The molecule has 0 spiro atoms. The van der Waals surface area contributed by atoms with Gasteiger partial charge in [0.2, 0.25) is 5.95 Å². The van der Waals surface area contributed by atoms with E-state index in [1.807, 2.05) is 13.8 Å². The van der Waals surface area contributed by atoms with E-state index in [-0.39, 0.29) is 35.3 Å². The Hall–Kier alpha value is -3.33. The summed E-state index contributed by atoms with van der Waals surface area (Å²) >= 11 is 0. The van der Waals surface area contributed by atoms with Gasteiger partial charge in [-0.2, -0.15) is 9.65 Å². The number of benzene rings is 1. The van der Waals surface area contributed by atoms with Crippen LogP contribution < -0.4 is 15.8 Å². The average Bonchev–Trinajstić information content (AvgIpc) is 3.51. The number of ether oxygens (including phenoxy) is 2. The predicted molar refractivity (Wildman–Crippen MR) is 152 cm³/mol. The second-order valence-electron chi connectivity index (χ2n) is 10.2. The van der Waals surface area contributed by atoms with Crippen molar-refractivity contribution in [3.05, 3.63) is 47.0 Å². The van der Waals surface area contributed by atoms with Crippen molar-refractivity contribution < 1.29 is 38.1 Å². The van der Waals surface area contributed by atoms with Crippen molar-refractivity contribution in [2.24, 2.45) is 5.92 Å². The van der Waals surface area contributed by atoms with Crippen LogP contribution in [0.5, 0.6) is 5.75 Å². The zero-order valence-corrected chi connectivity index (χ0v) is 24.7. The standard InChI is InChI=1S/C26H37N6O9P/c1-5-9-15(2)12-32(16(3)25(35)36)42(37,41-17-10-7-6-8-11-17)39-13-18-20(33)21(38-4)24(40-18)31-14-28-19-22(31)29-26(27)30-23(19)34/h6-8,10-11,14-16,18,20-21,24,33H,5,9,12-13H2,1-4H3,(H,35,36)(H3,27,29,30,34)/t15?,16-,18-,20-,21-,24-,42-/m1/s1. The highest BCUT2D eigenvalue weighted by Crippen LogP contribution is 2.54. The first-order valence-electron chi connectivity index (χ1n) is 13.6. The lowest BCUT2D eigenvalue weighted by molar-refractivity contribution is -0.141. The molecular weight excluding hydrogens is 571 g/mol. The molecular formula is C26H37N6O9P. The third-order valence-corrected chi connectivity index (χ3v) is 9.13. The quantitative estimate of drug-likeness (QED) is 0.194. The van der Waals surface area contributed by atoms with Gasteiger partial charge in [-0.25, -0.2) is 9.55 Å². The van der Waals surface area contributed by atoms with Crippen LogP contribution in [-0.4, -0.2) is 85.0 Å². The number of fused-ring (bicyclic) bond motifs is 1. The number of nitrogen functional groups attached to an aromatic ring is 1. The van der Waals surface area contributed by atoms with Gasteiger partial charge in [-0.15, -0.1) is 0 Å². The summed E-state index contributed by atoms with van der Waals surface area (Å²) in [5.41, 5.74) is 5.29. The second-order valence-corrected chi connectivity index (χ2v) is 12.1. The maximum absolute atomic E-state index is 14.5. The molecule has 3 heterocycles. The van der Waals surface area contributed by atoms with Gasteiger partial charge < -0.3 is 29.9 Å². The Kier molecular flexibility index (Phi) is 10.0. The molecule has 15 nitrogen and oxygen atoms in total. The van der Waals surface area contributed by atoms with Crippen LogP contribution in [-0.2, 0) is 23.4 Å². The van der Waals surface area contributed by atoms with Gasteiger partial charge in [0.1, 0.15) is 30.1 Å². The Morgan fingerprint density at radius 2 is 2.02 bits per heavy atom. The monoisotopic (exact) mass is 608 g/mol. The number of methoxy groups -OCH3 is 1. The molecule has 16 heteroatoms. The van der Waals surface area contributed by atoms with Crippen LogP contribution >= 0.6 is 7.75 Å². The fourth-order valence-corrected chi connectivity index (χ4v) is 6.93. The molecule has 7 atom stereocenters. The fraction of sp³-hybridized carbons (Fsp3) is 0.538. The lowest BCUT2D eigenvalue weighted by atomic mass is 10.1. The highest BCUT2D eigenvalue weighted by molar-refractivity contribution is 7.51. The van der Waals surface area contributed by atoms with Crippen LogP contribution in [0.3, 0.4) is 0 Å². The number of aromatic nitrogens is 4. The normalized spacial score (nSPS) is 23.6. The number of aliphatic hydroxyl groups excluding tert-OH is 1. The Morgan fingerprint density at radius 3 is 2.67 bits per heavy atom. The van der Waals surface area contributed by atoms with Gasteiger partial charge in [0.15, 0.2) is 17.4 Å². The zero-order chi connectivity index (χ0) is 30.6. The SMILES string of the molecule is CCCC(C)CN([C@H](C)C(=O)O)[P@@](=O)(OC[C@H]1O[C@@H](n2cnc3c(=O)[nH]c(N)nc32)[C@H](OC)[C@@H]1O)Oc1ccccc1. The number of imidazole rings is 1. The molecule has 0 amide bonds. The first kappa shape index (κ1) is 31.6. The van der Waals surface area contributed by atoms with E-state index in [0.717, 1.165) is 12.8 Å². The smallest absolute Gasteiger partial charge is 0.462 e. The Bertz CT molecular complexity index is 1470. The number of carboxylic acids is 1. The maximum Gasteiger partial charge on any atom is 0.462 e. The number of anilines is 1. The number of nitrogens with two attached hydrogens (primary N) is 1. The number of aliphatic carboxylic acids is 1. The minimum absolute atomic E-state index is 0.0112. The van der Waals surface area contributed by atoms with Gasteiger partial charge in [-0.05, 0) is 31.4 Å². The van der Waals surface area contributed by atoms with Crippen molar-refractivity contribution >= 4 is 30.8 Å². The number of para-hydroxylation sites is 1. The van der Waals surface area contributed by atoms with E-state index in [4.69, 9.17) is 24.3 Å². The van der Waals surface area contributed by atoms with Crippen LogP contribution in [0.4, 0.5) is 5.95 Å². The van der Waals surface area contributed by atoms with Gasteiger partial charge in [0.25, 0.3) is 5.56 Å². The van der Waals surface area contributed by atoms with Crippen molar-refractivity contribution in [3.8, 4) is 5.75 Å². The molecule has 1 unspecified atom stereocenters. The van der Waals surface area contributed by atoms with Gasteiger partial charge in [-0.1, -0.05) is 38.5 Å². The van der Waals surface area contributed by atoms with Crippen LogP contribution in [0, 0.1) is 5.92 Å². The van der Waals surface area contributed by atoms with Crippen molar-refractivity contribution in [1.29, 1.82) is 0 Å². The minimum atomic E-state index is -4.35. The summed E-state index contributed by atoms with van der Waals surface area (Å²) in [7, 11) is -2.98. The summed E-state index contributed by atoms with van der Waals surface area (Å²) in [5, 5.41) is 21.0. The molecule has 1 aliphatic heterocycles. The van der Waals surface area contributed by atoms with E-state index in [9.17, 15) is 24.4 Å². The molecule has 2 aromatic heterocycles. The molecule has 1 aliphatic rings. The number of nitrogens with one attached hydrogen (secondary N) is 1. The number of H-pyrrole nitrogens is 1. The van der Waals surface area contributed by atoms with Crippen LogP contribution in [0.1, 0.15) is 39.8 Å². The number of nitrogens with zero attached hydrogens (tertiary/aromatic N) is 4. The molecule has 0 aliphatic carbocycles. The molecule has 0 radical (unpaired) electrons. The van der Waals surface area contributed by atoms with Crippen molar-refractivity contribution in [1.82, 2.24) is 24.2 Å². The summed E-state index contributed by atoms with van der Waals surface area (Å²) < 4.78 is 40.6. The van der Waals surface area contributed by atoms with Crippen molar-refractivity contribution in [3.63, 3.8) is 0 Å². The predicted octanol–water partition coefficient (Wildman–Crippen LogP) is 2.39. The molecule has 42 heavy (non-hydrogen) atoms. The Balaban J connectivity index is 1.64. The van der Waals surface area contributed by atoms with Gasteiger partial charge >= 0.3 is 13.7 Å². The Labute approximate surface area is 242 Å². The number of aliphatic hydroxyl groups is 1. The van der Waals surface area contributed by atoms with E-state index >= 15 is 0 Å². The molecule has 5 N–H and O–H groups in total. The number of carboxylic acid groups (broad SMARTS) is 1. The molecule has 3 aromatic rings.